The molecule has 2 rings (SSSR count). The SMILES string of the molecule is O=C(Nc1noc(C(F)(F)F)n1)c1cc(Cl)ccc1O. The van der Waals surface area contributed by atoms with Crippen molar-refractivity contribution in [3.8, 4) is 5.75 Å². The van der Waals surface area contributed by atoms with Crippen LogP contribution in [0.25, 0.3) is 0 Å². The second kappa shape index (κ2) is 5.00. The topological polar surface area (TPSA) is 88.3 Å². The fourth-order valence-corrected chi connectivity index (χ4v) is 1.42. The predicted molar refractivity (Wildman–Crippen MR) is 60.4 cm³/mol. The van der Waals surface area contributed by atoms with E-state index in [-0.39, 0.29) is 10.6 Å². The first kappa shape index (κ1) is 14.1. The van der Waals surface area contributed by atoms with Gasteiger partial charge < -0.3 is 9.63 Å². The number of carbonyl (C=O) groups excluding carboxylic acids is 1. The van der Waals surface area contributed by atoms with E-state index >= 15 is 0 Å². The van der Waals surface area contributed by atoms with Crippen LogP contribution in [-0.4, -0.2) is 21.2 Å². The van der Waals surface area contributed by atoms with Gasteiger partial charge in [-0.15, -0.1) is 0 Å². The number of phenolic OH excluding ortho intramolecular Hbond substituents is 1. The Morgan fingerprint density at radius 2 is 2.10 bits per heavy atom. The maximum absolute atomic E-state index is 12.2. The van der Waals surface area contributed by atoms with Crippen molar-refractivity contribution < 1.29 is 27.6 Å². The number of aromatic hydroxyl groups is 1. The van der Waals surface area contributed by atoms with Gasteiger partial charge in [0.15, 0.2) is 0 Å². The normalized spacial score (nSPS) is 11.4. The summed E-state index contributed by atoms with van der Waals surface area (Å²) in [5.74, 6) is -3.60. The molecule has 0 aliphatic rings. The lowest BCUT2D eigenvalue weighted by Gasteiger charge is -2.03. The Hall–Kier alpha value is -2.29. The molecular weight excluding hydrogens is 303 g/mol. The van der Waals surface area contributed by atoms with E-state index in [9.17, 15) is 23.1 Å². The van der Waals surface area contributed by atoms with Gasteiger partial charge in [-0.3, -0.25) is 10.1 Å². The lowest BCUT2D eigenvalue weighted by molar-refractivity contribution is -0.159. The van der Waals surface area contributed by atoms with Gasteiger partial charge in [0, 0.05) is 5.02 Å². The summed E-state index contributed by atoms with van der Waals surface area (Å²) in [5, 5.41) is 14.5. The third kappa shape index (κ3) is 2.99. The lowest BCUT2D eigenvalue weighted by atomic mass is 10.2. The maximum atomic E-state index is 12.2. The van der Waals surface area contributed by atoms with Crippen LogP contribution in [0, 0.1) is 0 Å². The predicted octanol–water partition coefficient (Wildman–Crippen LogP) is 2.70. The molecule has 10 heteroatoms. The first-order valence-corrected chi connectivity index (χ1v) is 5.36. The molecule has 1 aromatic carbocycles. The monoisotopic (exact) mass is 307 g/mol. The van der Waals surface area contributed by atoms with Crippen LogP contribution in [-0.2, 0) is 6.18 Å². The van der Waals surface area contributed by atoms with Gasteiger partial charge in [0.1, 0.15) is 5.75 Å². The number of alkyl halides is 3. The summed E-state index contributed by atoms with van der Waals surface area (Å²) < 4.78 is 40.6. The van der Waals surface area contributed by atoms with Crippen LogP contribution in [0.15, 0.2) is 22.7 Å². The fourth-order valence-electron chi connectivity index (χ4n) is 1.25. The van der Waals surface area contributed by atoms with Crippen molar-refractivity contribution >= 4 is 23.5 Å². The molecule has 0 spiro atoms. The molecule has 1 heterocycles. The summed E-state index contributed by atoms with van der Waals surface area (Å²) in [5.41, 5.74) is -0.240. The third-order valence-electron chi connectivity index (χ3n) is 2.10. The van der Waals surface area contributed by atoms with Crippen molar-refractivity contribution in [2.45, 2.75) is 6.18 Å². The first-order chi connectivity index (χ1) is 9.27. The average molecular weight is 308 g/mol. The molecular formula is C10H5ClF3N3O3. The number of halogens is 4. The number of hydrogen-bond donors (Lipinski definition) is 2. The van der Waals surface area contributed by atoms with Crippen LogP contribution >= 0.6 is 11.6 Å². The van der Waals surface area contributed by atoms with E-state index in [2.05, 4.69) is 14.7 Å². The van der Waals surface area contributed by atoms with E-state index < -0.39 is 29.7 Å². The van der Waals surface area contributed by atoms with Crippen molar-refractivity contribution in [3.05, 3.63) is 34.7 Å². The molecule has 0 aliphatic heterocycles. The van der Waals surface area contributed by atoms with E-state index in [1.165, 1.54) is 6.07 Å². The van der Waals surface area contributed by atoms with Gasteiger partial charge >= 0.3 is 12.1 Å². The smallest absolute Gasteiger partial charge is 0.471 e. The molecule has 1 amide bonds. The summed E-state index contributed by atoms with van der Waals surface area (Å²) in [6.45, 7) is 0. The van der Waals surface area contributed by atoms with Crippen LogP contribution in [0.1, 0.15) is 16.2 Å². The summed E-state index contributed by atoms with van der Waals surface area (Å²) >= 11 is 5.64. The summed E-state index contributed by atoms with van der Waals surface area (Å²) in [6.07, 6.45) is -4.81. The zero-order valence-electron chi connectivity index (χ0n) is 9.40. The van der Waals surface area contributed by atoms with Crippen molar-refractivity contribution in [2.24, 2.45) is 0 Å². The molecule has 0 fully saturated rings. The van der Waals surface area contributed by atoms with Crippen LogP contribution in [0.2, 0.25) is 5.02 Å². The highest BCUT2D eigenvalue weighted by Crippen LogP contribution is 2.28. The Balaban J connectivity index is 2.20. The number of carbonyl (C=O) groups is 1. The van der Waals surface area contributed by atoms with Crippen LogP contribution in [0.3, 0.4) is 0 Å². The van der Waals surface area contributed by atoms with Crippen molar-refractivity contribution in [2.75, 3.05) is 5.32 Å². The van der Waals surface area contributed by atoms with Gasteiger partial charge in [-0.05, 0) is 23.4 Å². The Morgan fingerprint density at radius 1 is 1.40 bits per heavy atom. The quantitative estimate of drug-likeness (QED) is 0.890. The molecule has 1 aromatic heterocycles. The Labute approximate surface area is 114 Å². The second-order valence-electron chi connectivity index (χ2n) is 3.54. The highest BCUT2D eigenvalue weighted by atomic mass is 35.5. The highest BCUT2D eigenvalue weighted by Gasteiger charge is 2.38. The van der Waals surface area contributed by atoms with Crippen LogP contribution < -0.4 is 5.32 Å². The minimum atomic E-state index is -4.81. The van der Waals surface area contributed by atoms with Gasteiger partial charge in [0.05, 0.1) is 5.56 Å². The number of amides is 1. The van der Waals surface area contributed by atoms with Gasteiger partial charge in [0.25, 0.3) is 11.9 Å². The molecule has 20 heavy (non-hydrogen) atoms. The maximum Gasteiger partial charge on any atom is 0.471 e. The van der Waals surface area contributed by atoms with E-state index in [4.69, 9.17) is 11.6 Å². The Bertz CT molecular complexity index is 657. The molecule has 0 unspecified atom stereocenters. The zero-order chi connectivity index (χ0) is 14.9. The highest BCUT2D eigenvalue weighted by molar-refractivity contribution is 6.31. The molecule has 0 saturated carbocycles. The van der Waals surface area contributed by atoms with Gasteiger partial charge in [-0.25, -0.2) is 0 Å². The minimum Gasteiger partial charge on any atom is -0.507 e. The number of benzene rings is 1. The molecule has 0 aliphatic carbocycles. The van der Waals surface area contributed by atoms with E-state index in [1.807, 2.05) is 5.32 Å². The first-order valence-electron chi connectivity index (χ1n) is 4.98. The summed E-state index contributed by atoms with van der Waals surface area (Å²) in [4.78, 5) is 14.7. The van der Waals surface area contributed by atoms with Gasteiger partial charge in [-0.1, -0.05) is 11.6 Å². The molecule has 0 radical (unpaired) electrons. The number of anilines is 1. The molecule has 0 saturated heterocycles. The van der Waals surface area contributed by atoms with Crippen molar-refractivity contribution in [1.29, 1.82) is 0 Å². The number of nitrogens with zero attached hydrogens (tertiary/aromatic N) is 2. The zero-order valence-corrected chi connectivity index (χ0v) is 10.2. The van der Waals surface area contributed by atoms with E-state index in [0.29, 0.717) is 0 Å². The number of phenols is 1. The minimum absolute atomic E-state index is 0.164. The molecule has 0 bridgehead atoms. The third-order valence-corrected chi connectivity index (χ3v) is 2.33. The average Bonchev–Trinajstić information content (AvgIpc) is 2.80. The van der Waals surface area contributed by atoms with Gasteiger partial charge in [-0.2, -0.15) is 18.2 Å². The van der Waals surface area contributed by atoms with E-state index in [0.717, 1.165) is 12.1 Å². The second-order valence-corrected chi connectivity index (χ2v) is 3.97. The Morgan fingerprint density at radius 3 is 2.70 bits per heavy atom. The number of hydrogen-bond acceptors (Lipinski definition) is 5. The number of nitrogens with one attached hydrogen (secondary N) is 1. The molecule has 6 nitrogen and oxygen atoms in total. The lowest BCUT2D eigenvalue weighted by Crippen LogP contribution is -2.13. The standard InChI is InChI=1S/C10H5ClF3N3O3/c11-4-1-2-6(18)5(3-4)7(19)15-9-16-8(20-17-9)10(12,13)14/h1-3,18H,(H,15,17,19). The number of aromatic nitrogens is 2. The number of rotatable bonds is 2. The van der Waals surface area contributed by atoms with E-state index in [1.54, 1.807) is 0 Å². The molecule has 2 N–H and O–H groups in total. The van der Waals surface area contributed by atoms with Crippen molar-refractivity contribution in [3.63, 3.8) is 0 Å². The largest absolute Gasteiger partial charge is 0.507 e. The summed E-state index contributed by atoms with van der Waals surface area (Å²) in [6, 6.07) is 3.63. The fraction of sp³-hybridized carbons (Fsp3) is 0.100. The van der Waals surface area contributed by atoms with Crippen molar-refractivity contribution in [1.82, 2.24) is 10.1 Å². The molecule has 106 valence electrons. The molecule has 2 aromatic rings. The summed E-state index contributed by atoms with van der Waals surface area (Å²) in [7, 11) is 0. The Kier molecular flexibility index (Phi) is 3.53. The molecule has 0 atom stereocenters. The van der Waals surface area contributed by atoms with Crippen LogP contribution in [0.5, 0.6) is 5.75 Å². The van der Waals surface area contributed by atoms with Gasteiger partial charge in [0.2, 0.25) is 0 Å². The van der Waals surface area contributed by atoms with Crippen LogP contribution in [0.4, 0.5) is 19.1 Å².